The summed E-state index contributed by atoms with van der Waals surface area (Å²) in [6.07, 6.45) is -1.38. The summed E-state index contributed by atoms with van der Waals surface area (Å²) in [6.45, 7) is 1.66. The number of aryl methyl sites for hydroxylation is 1. The molecule has 1 aromatic rings. The number of halogens is 2. The Hall–Kier alpha value is -1.34. The molecule has 5 nitrogen and oxygen atoms in total. The van der Waals surface area contributed by atoms with Crippen LogP contribution in [0.3, 0.4) is 0 Å². The van der Waals surface area contributed by atoms with Crippen LogP contribution in [0.15, 0.2) is 18.2 Å². The van der Waals surface area contributed by atoms with Crippen molar-refractivity contribution < 1.29 is 22.3 Å². The minimum absolute atomic E-state index is 0.377. The number of carbonyl (C=O) groups excluding carboxylic acids is 1. The van der Waals surface area contributed by atoms with E-state index in [0.717, 1.165) is 6.07 Å². The van der Waals surface area contributed by atoms with E-state index in [1.807, 2.05) is 0 Å². The molecule has 0 aliphatic heterocycles. The first kappa shape index (κ1) is 12.7. The number of hydrogen-bond donors (Lipinski definition) is 1. The molecule has 88 valence electrons. The lowest BCUT2D eigenvalue weighted by molar-refractivity contribution is 0.205. The molecule has 0 spiro atoms. The maximum absolute atomic E-state index is 13.1. The second-order valence-electron chi connectivity index (χ2n) is 2.86. The molecule has 0 bridgehead atoms. The van der Waals surface area contributed by atoms with E-state index in [0.29, 0.717) is 5.56 Å². The van der Waals surface area contributed by atoms with Crippen LogP contribution in [-0.4, -0.2) is 14.5 Å². The van der Waals surface area contributed by atoms with Gasteiger partial charge in [-0.1, -0.05) is 6.07 Å². The molecule has 1 amide bonds. The third kappa shape index (κ3) is 4.03. The van der Waals surface area contributed by atoms with Crippen molar-refractivity contribution in [3.8, 4) is 5.75 Å². The first-order chi connectivity index (χ1) is 7.28. The van der Waals surface area contributed by atoms with E-state index in [2.05, 4.69) is 4.74 Å². The van der Waals surface area contributed by atoms with Gasteiger partial charge in [0.15, 0.2) is 11.6 Å². The van der Waals surface area contributed by atoms with E-state index in [-0.39, 0.29) is 5.75 Å². The Balaban J connectivity index is 2.81. The summed E-state index contributed by atoms with van der Waals surface area (Å²) in [6, 6.07) is 3.81. The van der Waals surface area contributed by atoms with Crippen LogP contribution in [0.5, 0.6) is 5.75 Å². The van der Waals surface area contributed by atoms with E-state index in [1.165, 1.54) is 16.9 Å². The van der Waals surface area contributed by atoms with Crippen molar-refractivity contribution in [3.63, 3.8) is 0 Å². The van der Waals surface area contributed by atoms with Gasteiger partial charge in [0, 0.05) is 10.7 Å². The van der Waals surface area contributed by atoms with Gasteiger partial charge in [0.2, 0.25) is 0 Å². The second kappa shape index (κ2) is 4.67. The summed E-state index contributed by atoms with van der Waals surface area (Å²) in [4.78, 5) is 10.9. The predicted octanol–water partition coefficient (Wildman–Crippen LogP) is 1.71. The Morgan fingerprint density at radius 3 is 2.69 bits per heavy atom. The molecule has 1 rings (SSSR count). The molecule has 0 aliphatic carbocycles. The van der Waals surface area contributed by atoms with Crippen molar-refractivity contribution in [3.05, 3.63) is 29.6 Å². The largest absolute Gasteiger partial charge is 0.427 e. The third-order valence-corrected chi connectivity index (χ3v) is 2.14. The van der Waals surface area contributed by atoms with E-state index in [9.17, 15) is 17.6 Å². The molecule has 1 aromatic carbocycles. The van der Waals surface area contributed by atoms with Crippen molar-refractivity contribution >= 4 is 26.0 Å². The SMILES string of the molecule is Cc1ccc(F)c(OC(=O)NS(=O)(=O)Cl)c1. The summed E-state index contributed by atoms with van der Waals surface area (Å²) in [5.41, 5.74) is 0.651. The van der Waals surface area contributed by atoms with Crippen LogP contribution in [-0.2, 0) is 9.24 Å². The zero-order valence-corrected chi connectivity index (χ0v) is 9.60. The Bertz CT molecular complexity index is 517. The summed E-state index contributed by atoms with van der Waals surface area (Å²) < 4.78 is 39.7. The Labute approximate surface area is 95.7 Å². The Morgan fingerprint density at radius 2 is 2.12 bits per heavy atom. The van der Waals surface area contributed by atoms with Gasteiger partial charge in [-0.15, -0.1) is 0 Å². The first-order valence-electron chi connectivity index (χ1n) is 3.98. The molecule has 0 heterocycles. The maximum atomic E-state index is 13.1. The van der Waals surface area contributed by atoms with Crippen molar-refractivity contribution in [2.75, 3.05) is 0 Å². The summed E-state index contributed by atoms with van der Waals surface area (Å²) in [5.74, 6) is -1.16. The van der Waals surface area contributed by atoms with Crippen LogP contribution in [0.25, 0.3) is 0 Å². The molecule has 0 unspecified atom stereocenters. The van der Waals surface area contributed by atoms with Gasteiger partial charge in [0.1, 0.15) is 0 Å². The fraction of sp³-hybridized carbons (Fsp3) is 0.125. The van der Waals surface area contributed by atoms with Crippen molar-refractivity contribution in [2.24, 2.45) is 0 Å². The van der Waals surface area contributed by atoms with Crippen LogP contribution < -0.4 is 9.46 Å². The summed E-state index contributed by atoms with van der Waals surface area (Å²) >= 11 is 0. The minimum Gasteiger partial charge on any atom is -0.406 e. The molecule has 0 aromatic heterocycles. The summed E-state index contributed by atoms with van der Waals surface area (Å²) in [5, 5.41) is 0. The van der Waals surface area contributed by atoms with Crippen LogP contribution in [0.1, 0.15) is 5.56 Å². The van der Waals surface area contributed by atoms with E-state index >= 15 is 0 Å². The minimum atomic E-state index is -4.24. The average molecular weight is 268 g/mol. The highest BCUT2D eigenvalue weighted by molar-refractivity contribution is 8.12. The lowest BCUT2D eigenvalue weighted by atomic mass is 10.2. The molecule has 0 aliphatic rings. The van der Waals surface area contributed by atoms with Crippen LogP contribution in [0, 0.1) is 12.7 Å². The monoisotopic (exact) mass is 267 g/mol. The molecular weight excluding hydrogens is 261 g/mol. The number of ether oxygens (including phenoxy) is 1. The zero-order valence-electron chi connectivity index (χ0n) is 8.03. The fourth-order valence-electron chi connectivity index (χ4n) is 0.909. The molecule has 0 saturated carbocycles. The van der Waals surface area contributed by atoms with E-state index in [4.69, 9.17) is 10.7 Å². The average Bonchev–Trinajstić information content (AvgIpc) is 2.08. The predicted molar refractivity (Wildman–Crippen MR) is 55.1 cm³/mol. The number of hydrogen-bond acceptors (Lipinski definition) is 4. The number of nitrogens with one attached hydrogen (secondary N) is 1. The third-order valence-electron chi connectivity index (χ3n) is 1.49. The molecule has 0 radical (unpaired) electrons. The quantitative estimate of drug-likeness (QED) is 0.828. The molecule has 16 heavy (non-hydrogen) atoms. The van der Waals surface area contributed by atoms with Crippen molar-refractivity contribution in [2.45, 2.75) is 6.92 Å². The van der Waals surface area contributed by atoms with Gasteiger partial charge in [-0.2, -0.15) is 8.42 Å². The molecule has 0 atom stereocenters. The van der Waals surface area contributed by atoms with Gasteiger partial charge in [0.25, 0.3) is 0 Å². The van der Waals surface area contributed by atoms with Crippen LogP contribution in [0.2, 0.25) is 0 Å². The second-order valence-corrected chi connectivity index (χ2v) is 5.16. The highest BCUT2D eigenvalue weighted by Gasteiger charge is 2.14. The fourth-order valence-corrected chi connectivity index (χ4v) is 1.34. The van der Waals surface area contributed by atoms with Crippen molar-refractivity contribution in [1.29, 1.82) is 0 Å². The smallest absolute Gasteiger partial charge is 0.406 e. The Kier molecular flexibility index (Phi) is 3.71. The van der Waals surface area contributed by atoms with Crippen LogP contribution >= 0.6 is 10.7 Å². The lowest BCUT2D eigenvalue weighted by Crippen LogP contribution is -2.29. The highest BCUT2D eigenvalue weighted by Crippen LogP contribution is 2.18. The molecule has 1 N–H and O–H groups in total. The number of benzene rings is 1. The lowest BCUT2D eigenvalue weighted by Gasteiger charge is -2.05. The van der Waals surface area contributed by atoms with E-state index in [1.54, 1.807) is 6.92 Å². The molecule has 8 heteroatoms. The van der Waals surface area contributed by atoms with Crippen LogP contribution in [0.4, 0.5) is 9.18 Å². The Morgan fingerprint density at radius 1 is 1.50 bits per heavy atom. The van der Waals surface area contributed by atoms with Gasteiger partial charge < -0.3 is 4.74 Å². The normalized spacial score (nSPS) is 10.9. The maximum Gasteiger partial charge on any atom is 0.427 e. The summed E-state index contributed by atoms with van der Waals surface area (Å²) in [7, 11) is 0.491. The number of rotatable bonds is 2. The molecular formula is C8H7ClFNO4S. The first-order valence-corrected chi connectivity index (χ1v) is 6.29. The van der Waals surface area contributed by atoms with E-state index < -0.39 is 21.1 Å². The topological polar surface area (TPSA) is 72.5 Å². The van der Waals surface area contributed by atoms with Gasteiger partial charge in [-0.25, -0.2) is 13.9 Å². The zero-order chi connectivity index (χ0) is 12.3. The molecule has 0 fully saturated rings. The number of carbonyl (C=O) groups is 1. The number of amides is 1. The van der Waals surface area contributed by atoms with Gasteiger partial charge >= 0.3 is 15.3 Å². The highest BCUT2D eigenvalue weighted by atomic mass is 35.7. The molecule has 0 saturated heterocycles. The standard InChI is InChI=1S/C8H7ClFNO4S/c1-5-2-3-6(10)7(4-5)15-8(12)11-16(9,13)14/h2-4H,1H3,(H,11,12). The van der Waals surface area contributed by atoms with Crippen molar-refractivity contribution in [1.82, 2.24) is 4.72 Å². The van der Waals surface area contributed by atoms with Gasteiger partial charge in [-0.05, 0) is 24.6 Å². The van der Waals surface area contributed by atoms with Gasteiger partial charge in [0.05, 0.1) is 0 Å². The van der Waals surface area contributed by atoms with Gasteiger partial charge in [-0.3, -0.25) is 0 Å².